The predicted molar refractivity (Wildman–Crippen MR) is 87.3 cm³/mol. The Balaban J connectivity index is 2.06. The van der Waals surface area contributed by atoms with Gasteiger partial charge in [0.15, 0.2) is 0 Å². The van der Waals surface area contributed by atoms with Gasteiger partial charge in [0, 0.05) is 32.8 Å². The fraction of sp³-hybridized carbons (Fsp3) is 0.692. The number of halogens is 1. The average Bonchev–Trinajstić information content (AvgIpc) is 2.47. The highest BCUT2D eigenvalue weighted by atomic mass is 127. The van der Waals surface area contributed by atoms with Crippen LogP contribution in [0.3, 0.4) is 0 Å². The predicted octanol–water partition coefficient (Wildman–Crippen LogP) is 0.969. The summed E-state index contributed by atoms with van der Waals surface area (Å²) in [5.41, 5.74) is -0.0627. The van der Waals surface area contributed by atoms with Crippen LogP contribution in [0.25, 0.3) is 0 Å². The van der Waals surface area contributed by atoms with Gasteiger partial charge >= 0.3 is 0 Å². The Kier molecular flexibility index (Phi) is 6.24. The lowest BCUT2D eigenvalue weighted by Gasteiger charge is -2.37. The highest BCUT2D eigenvalue weighted by Crippen LogP contribution is 2.24. The Morgan fingerprint density at radius 2 is 2.45 bits per heavy atom. The fourth-order valence-corrected chi connectivity index (χ4v) is 3.11. The molecular weight excluding hydrogens is 371 g/mol. The van der Waals surface area contributed by atoms with Crippen LogP contribution in [-0.4, -0.2) is 49.4 Å². The molecule has 1 aromatic rings. The number of nitrogens with one attached hydrogen (secondary N) is 2. The zero-order valence-electron chi connectivity index (χ0n) is 11.7. The molecule has 0 aromatic carbocycles. The van der Waals surface area contributed by atoms with E-state index >= 15 is 0 Å². The standard InChI is InChI=1S/C13H21IN4O2/c1-20-7-5-15-8-10-4-2-3-6-18(10)12-11(14)13(19)17-9-16-12/h9-10,15H,2-8H2,1H3,(H,16,17,19). The normalized spacial score (nSPS) is 19.3. The second kappa shape index (κ2) is 7.94. The third-order valence-electron chi connectivity index (χ3n) is 3.54. The number of hydrogen-bond acceptors (Lipinski definition) is 5. The van der Waals surface area contributed by atoms with Crippen molar-refractivity contribution in [3.05, 3.63) is 20.3 Å². The van der Waals surface area contributed by atoms with Crippen molar-refractivity contribution in [1.29, 1.82) is 0 Å². The maximum absolute atomic E-state index is 11.7. The molecule has 0 radical (unpaired) electrons. The number of methoxy groups -OCH3 is 1. The van der Waals surface area contributed by atoms with Crippen LogP contribution in [0, 0.1) is 3.57 Å². The number of rotatable bonds is 6. The van der Waals surface area contributed by atoms with E-state index in [1.807, 2.05) is 0 Å². The zero-order chi connectivity index (χ0) is 14.4. The van der Waals surface area contributed by atoms with Gasteiger partial charge in [0.25, 0.3) is 5.56 Å². The summed E-state index contributed by atoms with van der Waals surface area (Å²) in [6.45, 7) is 3.42. The molecule has 0 spiro atoms. The largest absolute Gasteiger partial charge is 0.383 e. The summed E-state index contributed by atoms with van der Waals surface area (Å²) in [5, 5.41) is 3.41. The number of H-pyrrole nitrogens is 1. The Morgan fingerprint density at radius 3 is 3.25 bits per heavy atom. The van der Waals surface area contributed by atoms with E-state index < -0.39 is 0 Å². The minimum Gasteiger partial charge on any atom is -0.383 e. The molecular formula is C13H21IN4O2. The molecule has 1 unspecified atom stereocenters. The smallest absolute Gasteiger partial charge is 0.266 e. The molecule has 0 bridgehead atoms. The van der Waals surface area contributed by atoms with Crippen LogP contribution < -0.4 is 15.8 Å². The average molecular weight is 392 g/mol. The monoisotopic (exact) mass is 392 g/mol. The van der Waals surface area contributed by atoms with Gasteiger partial charge in [-0.3, -0.25) is 4.79 Å². The van der Waals surface area contributed by atoms with Gasteiger partial charge in [-0.05, 0) is 41.9 Å². The summed E-state index contributed by atoms with van der Waals surface area (Å²) in [6, 6.07) is 0.392. The molecule has 1 aliphatic heterocycles. The zero-order valence-corrected chi connectivity index (χ0v) is 13.9. The molecule has 20 heavy (non-hydrogen) atoms. The number of aromatic amines is 1. The molecule has 112 valence electrons. The summed E-state index contributed by atoms with van der Waals surface area (Å²) >= 11 is 2.08. The summed E-state index contributed by atoms with van der Waals surface area (Å²) in [4.78, 5) is 21.0. The van der Waals surface area contributed by atoms with Crippen LogP contribution in [0.4, 0.5) is 5.82 Å². The van der Waals surface area contributed by atoms with Crippen LogP contribution in [0.2, 0.25) is 0 Å². The maximum Gasteiger partial charge on any atom is 0.266 e. The topological polar surface area (TPSA) is 70.2 Å². The van der Waals surface area contributed by atoms with Crippen LogP contribution in [0.15, 0.2) is 11.1 Å². The summed E-state index contributed by atoms with van der Waals surface area (Å²) in [7, 11) is 1.71. The van der Waals surface area contributed by atoms with Crippen molar-refractivity contribution in [1.82, 2.24) is 15.3 Å². The number of ether oxygens (including phenoxy) is 1. The summed E-state index contributed by atoms with van der Waals surface area (Å²) < 4.78 is 5.72. The Bertz CT molecular complexity index is 480. The number of anilines is 1. The number of nitrogens with zero attached hydrogens (tertiary/aromatic N) is 2. The molecule has 1 saturated heterocycles. The van der Waals surface area contributed by atoms with Crippen molar-refractivity contribution in [2.75, 3.05) is 38.3 Å². The second-order valence-corrected chi connectivity index (χ2v) is 5.99. The maximum atomic E-state index is 11.7. The molecule has 1 aromatic heterocycles. The highest BCUT2D eigenvalue weighted by molar-refractivity contribution is 14.1. The first-order chi connectivity index (χ1) is 9.74. The van der Waals surface area contributed by atoms with Gasteiger partial charge in [0.1, 0.15) is 9.39 Å². The molecule has 1 atom stereocenters. The van der Waals surface area contributed by atoms with Gasteiger partial charge in [-0.2, -0.15) is 0 Å². The second-order valence-electron chi connectivity index (χ2n) is 4.91. The highest BCUT2D eigenvalue weighted by Gasteiger charge is 2.25. The van der Waals surface area contributed by atoms with Gasteiger partial charge in [-0.25, -0.2) is 4.98 Å². The van der Waals surface area contributed by atoms with Crippen molar-refractivity contribution in [3.63, 3.8) is 0 Å². The Labute approximate surface area is 132 Å². The molecule has 2 N–H and O–H groups in total. The molecule has 1 aliphatic rings. The van der Waals surface area contributed by atoms with Crippen molar-refractivity contribution < 1.29 is 4.74 Å². The lowest BCUT2D eigenvalue weighted by atomic mass is 10.0. The van der Waals surface area contributed by atoms with E-state index in [0.29, 0.717) is 16.2 Å². The van der Waals surface area contributed by atoms with Crippen LogP contribution in [0.1, 0.15) is 19.3 Å². The van der Waals surface area contributed by atoms with Crippen molar-refractivity contribution in [2.45, 2.75) is 25.3 Å². The van der Waals surface area contributed by atoms with E-state index in [4.69, 9.17) is 4.74 Å². The van der Waals surface area contributed by atoms with Crippen LogP contribution >= 0.6 is 22.6 Å². The van der Waals surface area contributed by atoms with E-state index in [0.717, 1.165) is 38.3 Å². The van der Waals surface area contributed by atoms with Crippen molar-refractivity contribution >= 4 is 28.4 Å². The summed E-state index contributed by atoms with van der Waals surface area (Å²) in [6.07, 6.45) is 5.00. The molecule has 0 aliphatic carbocycles. The van der Waals surface area contributed by atoms with Crippen LogP contribution in [0.5, 0.6) is 0 Å². The van der Waals surface area contributed by atoms with Crippen LogP contribution in [-0.2, 0) is 4.74 Å². The first-order valence-corrected chi connectivity index (χ1v) is 8.01. The van der Waals surface area contributed by atoms with Gasteiger partial charge in [0.2, 0.25) is 0 Å². The first kappa shape index (κ1) is 15.7. The number of hydrogen-bond donors (Lipinski definition) is 2. The minimum atomic E-state index is -0.0627. The van der Waals surface area contributed by atoms with Gasteiger partial charge in [-0.1, -0.05) is 0 Å². The minimum absolute atomic E-state index is 0.0627. The number of piperidine rings is 1. The van der Waals surface area contributed by atoms with Gasteiger partial charge in [-0.15, -0.1) is 0 Å². The Hall–Kier alpha value is -0.670. The molecule has 0 saturated carbocycles. The van der Waals surface area contributed by atoms with E-state index in [1.54, 1.807) is 7.11 Å². The van der Waals surface area contributed by atoms with Crippen molar-refractivity contribution in [2.24, 2.45) is 0 Å². The van der Waals surface area contributed by atoms with Gasteiger partial charge < -0.3 is 19.9 Å². The molecule has 0 amide bonds. The fourth-order valence-electron chi connectivity index (χ4n) is 2.51. The Morgan fingerprint density at radius 1 is 1.60 bits per heavy atom. The third-order valence-corrected chi connectivity index (χ3v) is 4.51. The lowest BCUT2D eigenvalue weighted by Crippen LogP contribution is -2.47. The first-order valence-electron chi connectivity index (χ1n) is 6.93. The SMILES string of the molecule is COCCNCC1CCCCN1c1nc[nH]c(=O)c1I. The molecule has 2 heterocycles. The third kappa shape index (κ3) is 3.92. The molecule has 2 rings (SSSR count). The molecule has 1 fully saturated rings. The lowest BCUT2D eigenvalue weighted by molar-refractivity contribution is 0.198. The molecule has 7 heteroatoms. The van der Waals surface area contributed by atoms with Gasteiger partial charge in [0.05, 0.1) is 12.9 Å². The van der Waals surface area contributed by atoms with E-state index in [2.05, 4.69) is 42.8 Å². The van der Waals surface area contributed by atoms with E-state index in [9.17, 15) is 4.79 Å². The summed E-state index contributed by atoms with van der Waals surface area (Å²) in [5.74, 6) is 0.813. The van der Waals surface area contributed by atoms with Crippen molar-refractivity contribution in [3.8, 4) is 0 Å². The van der Waals surface area contributed by atoms with E-state index in [1.165, 1.54) is 12.7 Å². The quantitative estimate of drug-likeness (QED) is 0.558. The molecule has 6 nitrogen and oxygen atoms in total. The van der Waals surface area contributed by atoms with E-state index in [-0.39, 0.29) is 5.56 Å². The number of aromatic nitrogens is 2.